The van der Waals surface area contributed by atoms with Crippen molar-refractivity contribution in [1.29, 1.82) is 0 Å². The fraction of sp³-hybridized carbons (Fsp3) is 0.400. The zero-order valence-corrected chi connectivity index (χ0v) is 17.7. The number of ether oxygens (including phenoxy) is 1. The Kier molecular flexibility index (Phi) is 6.26. The molecule has 0 saturated heterocycles. The summed E-state index contributed by atoms with van der Waals surface area (Å²) in [5.74, 6) is 1.52. The Balaban J connectivity index is 1.37. The van der Waals surface area contributed by atoms with Gasteiger partial charge in [0.15, 0.2) is 0 Å². The molecule has 1 N–H and O–H groups in total. The molecule has 1 amide bonds. The number of carbonyl (C=O) groups excluding carboxylic acids is 1. The van der Waals surface area contributed by atoms with Crippen LogP contribution in [0.1, 0.15) is 60.9 Å². The van der Waals surface area contributed by atoms with E-state index in [0.717, 1.165) is 37.6 Å². The van der Waals surface area contributed by atoms with Crippen LogP contribution < -0.4 is 10.1 Å². The predicted molar refractivity (Wildman–Crippen MR) is 119 cm³/mol. The van der Waals surface area contributed by atoms with E-state index in [1.54, 1.807) is 25.4 Å². The second-order valence-corrected chi connectivity index (χ2v) is 8.15. The van der Waals surface area contributed by atoms with Crippen molar-refractivity contribution in [1.82, 2.24) is 15.3 Å². The number of rotatable bonds is 6. The van der Waals surface area contributed by atoms with E-state index in [1.807, 2.05) is 12.3 Å². The van der Waals surface area contributed by atoms with Crippen LogP contribution in [0.2, 0.25) is 0 Å². The van der Waals surface area contributed by atoms with Crippen molar-refractivity contribution < 1.29 is 9.53 Å². The third-order valence-corrected chi connectivity index (χ3v) is 6.39. The first kappa shape index (κ1) is 20.3. The lowest BCUT2D eigenvalue weighted by atomic mass is 9.75. The van der Waals surface area contributed by atoms with Gasteiger partial charge in [0.2, 0.25) is 5.88 Å². The minimum absolute atomic E-state index is 0.0575. The van der Waals surface area contributed by atoms with Crippen LogP contribution in [0.4, 0.5) is 0 Å². The van der Waals surface area contributed by atoms with Gasteiger partial charge < -0.3 is 10.1 Å². The number of fused-ring (bicyclic) bond motifs is 1. The zero-order valence-electron chi connectivity index (χ0n) is 17.7. The van der Waals surface area contributed by atoms with E-state index in [0.29, 0.717) is 23.3 Å². The van der Waals surface area contributed by atoms with E-state index < -0.39 is 0 Å². The maximum Gasteiger partial charge on any atom is 0.253 e. The molecule has 0 radical (unpaired) electrons. The number of hydrogen-bond donors (Lipinski definition) is 1. The second-order valence-electron chi connectivity index (χ2n) is 8.15. The van der Waals surface area contributed by atoms with Crippen molar-refractivity contribution in [3.05, 3.63) is 66.0 Å². The molecule has 1 fully saturated rings. The monoisotopic (exact) mass is 403 g/mol. The first-order chi connectivity index (χ1) is 14.7. The van der Waals surface area contributed by atoms with Gasteiger partial charge in [0.1, 0.15) is 0 Å². The molecule has 0 bridgehead atoms. The van der Waals surface area contributed by atoms with Crippen LogP contribution in [0.15, 0.2) is 54.9 Å². The van der Waals surface area contributed by atoms with E-state index >= 15 is 0 Å². The quantitative estimate of drug-likeness (QED) is 0.620. The van der Waals surface area contributed by atoms with Gasteiger partial charge in [-0.25, -0.2) is 4.98 Å². The predicted octanol–water partition coefficient (Wildman–Crippen LogP) is 5.12. The van der Waals surface area contributed by atoms with Gasteiger partial charge in [-0.1, -0.05) is 25.1 Å². The Morgan fingerprint density at radius 3 is 2.60 bits per heavy atom. The molecular weight excluding hydrogens is 374 g/mol. The van der Waals surface area contributed by atoms with Crippen molar-refractivity contribution >= 4 is 16.8 Å². The highest BCUT2D eigenvalue weighted by Crippen LogP contribution is 2.38. The second kappa shape index (κ2) is 9.24. The smallest absolute Gasteiger partial charge is 0.253 e. The van der Waals surface area contributed by atoms with Crippen LogP contribution in [-0.2, 0) is 0 Å². The maximum atomic E-state index is 12.7. The maximum absolute atomic E-state index is 12.7. The number of para-hydroxylation sites is 1. The van der Waals surface area contributed by atoms with Gasteiger partial charge in [-0.05, 0) is 67.7 Å². The number of amides is 1. The summed E-state index contributed by atoms with van der Waals surface area (Å²) in [5, 5.41) is 4.45. The largest absolute Gasteiger partial charge is 0.481 e. The van der Waals surface area contributed by atoms with Gasteiger partial charge in [-0.2, -0.15) is 0 Å². The molecule has 2 aromatic heterocycles. The molecule has 4 rings (SSSR count). The van der Waals surface area contributed by atoms with Crippen LogP contribution >= 0.6 is 0 Å². The number of pyridine rings is 2. The molecule has 30 heavy (non-hydrogen) atoms. The molecule has 1 aromatic carbocycles. The van der Waals surface area contributed by atoms with Crippen molar-refractivity contribution in [3.63, 3.8) is 0 Å². The molecule has 1 atom stereocenters. The fourth-order valence-electron chi connectivity index (χ4n) is 4.61. The van der Waals surface area contributed by atoms with Crippen LogP contribution in [0, 0.1) is 5.92 Å². The highest BCUT2D eigenvalue weighted by Gasteiger charge is 2.29. The topological polar surface area (TPSA) is 64.1 Å². The molecule has 156 valence electrons. The first-order valence-corrected chi connectivity index (χ1v) is 10.8. The Bertz CT molecular complexity index is 995. The standard InChI is InChI=1S/C25H29N3O2/c1-3-22(28-25(29)20-12-13-24(30-2)27-15-20)18-10-8-17(9-11-18)21-14-19-6-4-5-7-23(19)26-16-21/h4-7,12-18,22H,3,8-11H2,1-2H3,(H,28,29)/t17?,18?,22-/m0/s1. The van der Waals surface area contributed by atoms with Crippen molar-refractivity contribution in [2.45, 2.75) is 51.0 Å². The van der Waals surface area contributed by atoms with E-state index in [2.05, 4.69) is 46.5 Å². The number of hydrogen-bond acceptors (Lipinski definition) is 4. The third kappa shape index (κ3) is 4.45. The number of nitrogens with one attached hydrogen (secondary N) is 1. The summed E-state index contributed by atoms with van der Waals surface area (Å²) in [6.45, 7) is 2.15. The van der Waals surface area contributed by atoms with Gasteiger partial charge in [0, 0.05) is 29.9 Å². The average Bonchev–Trinajstić information content (AvgIpc) is 2.82. The minimum atomic E-state index is -0.0575. The molecule has 5 nitrogen and oxygen atoms in total. The van der Waals surface area contributed by atoms with Crippen molar-refractivity contribution in [2.75, 3.05) is 7.11 Å². The summed E-state index contributed by atoms with van der Waals surface area (Å²) < 4.78 is 5.07. The molecule has 1 aliphatic rings. The summed E-state index contributed by atoms with van der Waals surface area (Å²) in [6.07, 6.45) is 9.08. The fourth-order valence-corrected chi connectivity index (χ4v) is 4.61. The van der Waals surface area contributed by atoms with E-state index in [1.165, 1.54) is 10.9 Å². The van der Waals surface area contributed by atoms with Gasteiger partial charge >= 0.3 is 0 Å². The van der Waals surface area contributed by atoms with Crippen LogP contribution in [0.5, 0.6) is 5.88 Å². The van der Waals surface area contributed by atoms with E-state index in [4.69, 9.17) is 4.74 Å². The van der Waals surface area contributed by atoms with Crippen molar-refractivity contribution in [3.8, 4) is 5.88 Å². The highest BCUT2D eigenvalue weighted by molar-refractivity contribution is 5.94. The Hall–Kier alpha value is -2.95. The molecular formula is C25H29N3O2. The lowest BCUT2D eigenvalue weighted by Gasteiger charge is -2.34. The lowest BCUT2D eigenvalue weighted by Crippen LogP contribution is -2.41. The molecule has 0 spiro atoms. The minimum Gasteiger partial charge on any atom is -0.481 e. The molecule has 5 heteroatoms. The Morgan fingerprint density at radius 1 is 1.10 bits per heavy atom. The number of aromatic nitrogens is 2. The van der Waals surface area contributed by atoms with Crippen molar-refractivity contribution in [2.24, 2.45) is 5.92 Å². The third-order valence-electron chi connectivity index (χ3n) is 6.39. The molecule has 1 aliphatic carbocycles. The summed E-state index contributed by atoms with van der Waals surface area (Å²) in [5.41, 5.74) is 2.97. The Morgan fingerprint density at radius 2 is 1.90 bits per heavy atom. The first-order valence-electron chi connectivity index (χ1n) is 10.8. The van der Waals surface area contributed by atoms with Gasteiger partial charge in [-0.3, -0.25) is 9.78 Å². The molecule has 0 unspecified atom stereocenters. The van der Waals surface area contributed by atoms with Crippen LogP contribution in [-0.4, -0.2) is 29.0 Å². The number of benzene rings is 1. The molecule has 3 aromatic rings. The van der Waals surface area contributed by atoms with Gasteiger partial charge in [-0.15, -0.1) is 0 Å². The van der Waals surface area contributed by atoms with Crippen LogP contribution in [0.3, 0.4) is 0 Å². The van der Waals surface area contributed by atoms with Crippen LogP contribution in [0.25, 0.3) is 10.9 Å². The summed E-state index contributed by atoms with van der Waals surface area (Å²) in [4.78, 5) is 21.4. The summed E-state index contributed by atoms with van der Waals surface area (Å²) in [7, 11) is 1.57. The SMILES string of the molecule is CC[C@H](NC(=O)c1ccc(OC)nc1)C1CCC(c2cnc3ccccc3c2)CC1. The summed E-state index contributed by atoms with van der Waals surface area (Å²) in [6, 6.07) is 14.3. The molecule has 2 heterocycles. The molecule has 1 saturated carbocycles. The number of methoxy groups -OCH3 is 1. The van der Waals surface area contributed by atoms with E-state index in [9.17, 15) is 4.79 Å². The van der Waals surface area contributed by atoms with E-state index in [-0.39, 0.29) is 11.9 Å². The summed E-state index contributed by atoms with van der Waals surface area (Å²) >= 11 is 0. The number of carbonyl (C=O) groups is 1. The van der Waals surface area contributed by atoms with Gasteiger partial charge in [0.25, 0.3) is 5.91 Å². The number of nitrogens with zero attached hydrogens (tertiary/aromatic N) is 2. The normalized spacial score (nSPS) is 19.9. The van der Waals surface area contributed by atoms with Gasteiger partial charge in [0.05, 0.1) is 18.2 Å². The highest BCUT2D eigenvalue weighted by atomic mass is 16.5. The Labute approximate surface area is 177 Å². The molecule has 0 aliphatic heterocycles. The lowest BCUT2D eigenvalue weighted by molar-refractivity contribution is 0.0909. The zero-order chi connectivity index (χ0) is 20.9. The average molecular weight is 404 g/mol.